The molecular weight excluding hydrogens is 289 g/mol. The first-order chi connectivity index (χ1) is 4.49. The Morgan fingerprint density at radius 2 is 1.18 bits per heavy atom. The molecule has 0 saturated carbocycles. The monoisotopic (exact) mass is 306 g/mol. The first-order valence-electron chi connectivity index (χ1n) is 2.41. The fourth-order valence-electron chi connectivity index (χ4n) is 0.307. The second kappa shape index (κ2) is 26.4. The van der Waals surface area contributed by atoms with E-state index in [-0.39, 0.29) is 86.5 Å². The Kier molecular flexibility index (Phi) is 79.3. The summed E-state index contributed by atoms with van der Waals surface area (Å²) in [5, 5.41) is 16.4. The third-order valence-corrected chi connectivity index (χ3v) is 1.24. The van der Waals surface area contributed by atoms with Crippen molar-refractivity contribution in [2.24, 2.45) is 0 Å². The molecule has 0 atom stereocenters. The predicted octanol–water partition coefficient (Wildman–Crippen LogP) is -12.9. The van der Waals surface area contributed by atoms with Gasteiger partial charge in [0.05, 0.1) is 21.0 Å². The third kappa shape index (κ3) is 38.1. The maximum absolute atomic E-state index is 9.79. The van der Waals surface area contributed by atoms with Gasteiger partial charge in [-0.05, 0) is 0 Å². The van der Waals surface area contributed by atoms with Crippen molar-refractivity contribution in [1.29, 1.82) is 0 Å². The number of hydrogen-bond acceptors (Lipinski definition) is 6. The van der Waals surface area contributed by atoms with E-state index in [0.717, 1.165) is 0 Å². The Morgan fingerprint density at radius 3 is 1.24 bits per heavy atom. The van der Waals surface area contributed by atoms with Crippen LogP contribution < -0.4 is 68.9 Å². The van der Waals surface area contributed by atoms with Crippen molar-refractivity contribution < 1.29 is 116 Å². The molecule has 17 heavy (non-hydrogen) atoms. The van der Waals surface area contributed by atoms with Gasteiger partial charge in [-0.1, -0.05) is 0 Å². The average Bonchev–Trinajstić information content (AvgIpc) is 1.81. The van der Waals surface area contributed by atoms with Crippen molar-refractivity contribution in [3.05, 3.63) is 0 Å². The van der Waals surface area contributed by atoms with Crippen LogP contribution in [0.15, 0.2) is 0 Å². The Labute approximate surface area is 142 Å². The molecule has 0 aliphatic rings. The van der Waals surface area contributed by atoms with Crippen LogP contribution in [0.25, 0.3) is 0 Å². The van der Waals surface area contributed by atoms with Crippen LogP contribution in [0.4, 0.5) is 0 Å². The van der Waals surface area contributed by atoms with E-state index in [4.69, 9.17) is 10.2 Å². The smallest absolute Gasteiger partial charge is 0.790 e. The minimum atomic E-state index is -5.07. The fraction of sp³-hybridized carbons (Fsp3) is 1.00. The normalized spacial score (nSPS) is 7.35. The van der Waals surface area contributed by atoms with Crippen molar-refractivity contribution in [3.63, 3.8) is 0 Å². The summed E-state index contributed by atoms with van der Waals surface area (Å²) in [5.74, 6) is 0. The van der Waals surface area contributed by atoms with Crippen LogP contribution in [-0.4, -0.2) is 56.9 Å². The van der Waals surface area contributed by atoms with E-state index < -0.39 is 27.1 Å². The molecule has 0 aliphatic heterocycles. The third-order valence-electron chi connectivity index (χ3n) is 0.685. The van der Waals surface area contributed by atoms with Crippen molar-refractivity contribution in [1.82, 2.24) is 0 Å². The van der Waals surface area contributed by atoms with Crippen LogP contribution in [-0.2, 0) is 9.09 Å². The van der Waals surface area contributed by atoms with Crippen molar-refractivity contribution in [2.75, 3.05) is 13.2 Å². The molecule has 12 N–H and O–H groups in total. The van der Waals surface area contributed by atoms with Gasteiger partial charge in [0.25, 0.3) is 0 Å². The predicted molar refractivity (Wildman–Crippen MR) is 44.7 cm³/mol. The van der Waals surface area contributed by atoms with E-state index >= 15 is 0 Å². The van der Waals surface area contributed by atoms with Crippen molar-refractivity contribution >= 4 is 7.82 Å². The molecule has 0 heterocycles. The number of aliphatic hydroxyl groups excluding tert-OH is 2. The number of phosphoric ester groups is 1. The molecule has 0 spiro atoms. The summed E-state index contributed by atoms with van der Waals surface area (Å²) in [6.45, 7) is -1.41. The zero-order chi connectivity index (χ0) is 8.20. The Morgan fingerprint density at radius 1 is 0.941 bits per heavy atom. The maximum atomic E-state index is 9.79. The molecule has 14 heteroatoms. The molecule has 0 amide bonds. The molecule has 0 radical (unpaired) electrons. The second-order valence-electron chi connectivity index (χ2n) is 1.54. The zero-order valence-corrected chi connectivity index (χ0v) is 14.4. The van der Waals surface area contributed by atoms with Gasteiger partial charge in [0, 0.05) is 0 Å². The van der Waals surface area contributed by atoms with Crippen LogP contribution in [0.3, 0.4) is 0 Å². The van der Waals surface area contributed by atoms with Crippen LogP contribution in [0.1, 0.15) is 0 Å². The number of aliphatic hydroxyl groups is 2. The fourth-order valence-corrected chi connectivity index (χ4v) is 0.805. The quantitative estimate of drug-likeness (QED) is 0.375. The van der Waals surface area contributed by atoms with E-state index in [1.807, 2.05) is 0 Å². The molecule has 0 fully saturated rings. The Hall–Kier alpha value is 1.83. The summed E-state index contributed by atoms with van der Waals surface area (Å²) in [7, 11) is -5.07. The molecule has 0 saturated heterocycles. The van der Waals surface area contributed by atoms with Gasteiger partial charge >= 0.3 is 59.1 Å². The first kappa shape index (κ1) is 51.0. The number of hydrogen-bond donors (Lipinski definition) is 2. The van der Waals surface area contributed by atoms with Crippen LogP contribution >= 0.6 is 7.82 Å². The van der Waals surface area contributed by atoms with Gasteiger partial charge in [-0.2, -0.15) is 0 Å². The van der Waals surface area contributed by atoms with Gasteiger partial charge in [-0.3, -0.25) is 0 Å². The summed E-state index contributed by atoms with van der Waals surface area (Å²) < 4.78 is 13.5. The molecule has 0 aliphatic carbocycles. The van der Waals surface area contributed by atoms with Gasteiger partial charge in [0.1, 0.15) is 6.10 Å². The van der Waals surface area contributed by atoms with E-state index in [1.165, 1.54) is 0 Å². The first-order valence-corrected chi connectivity index (χ1v) is 3.88. The van der Waals surface area contributed by atoms with E-state index in [1.54, 1.807) is 0 Å². The summed E-state index contributed by atoms with van der Waals surface area (Å²) in [6, 6.07) is 0. The molecule has 0 aromatic rings. The largest absolute Gasteiger partial charge is 1.00 e. The number of rotatable bonds is 4. The molecule has 0 bridgehead atoms. The van der Waals surface area contributed by atoms with Gasteiger partial charge < -0.3 is 56.5 Å². The van der Waals surface area contributed by atoms with Crippen LogP contribution in [0.2, 0.25) is 0 Å². The van der Waals surface area contributed by atoms with Crippen molar-refractivity contribution in [2.45, 2.75) is 6.10 Å². The molecule has 0 aromatic heterocycles. The van der Waals surface area contributed by atoms with Gasteiger partial charge in [-0.25, -0.2) is 0 Å². The summed E-state index contributed by atoms with van der Waals surface area (Å²) in [4.78, 5) is 19.6. The van der Waals surface area contributed by atoms with E-state index in [2.05, 4.69) is 4.52 Å². The van der Waals surface area contributed by atoms with Gasteiger partial charge in [0.15, 0.2) is 0 Å². The summed E-state index contributed by atoms with van der Waals surface area (Å²) in [6.07, 6.45) is -1.33. The van der Waals surface area contributed by atoms with Crippen LogP contribution in [0.5, 0.6) is 0 Å². The SMILES string of the molecule is O.O.O.O.O.O=P([O-])([O-])OC(CO)CO.[Na+].[Na+]. The standard InChI is InChI=1S/C3H9O6P.2Na.5H2O/c4-1-3(2-5)9-10(6,7)8;;;;;;;/h3-5H,1-2H2,(H2,6,7,8);;;5*1H2/q;2*+1;;;;;/p-2. The minimum absolute atomic E-state index is 0. The Balaban J connectivity index is -0.0000000193. The molecular formula is C3H17Na2O11P. The molecule has 11 nitrogen and oxygen atoms in total. The molecule has 0 rings (SSSR count). The molecule has 0 aromatic carbocycles. The van der Waals surface area contributed by atoms with Gasteiger partial charge in [0.2, 0.25) is 0 Å². The van der Waals surface area contributed by atoms with Gasteiger partial charge in [-0.15, -0.1) is 0 Å². The van der Waals surface area contributed by atoms with E-state index in [9.17, 15) is 14.4 Å². The summed E-state index contributed by atoms with van der Waals surface area (Å²) in [5.41, 5.74) is 0. The van der Waals surface area contributed by atoms with Crippen LogP contribution in [0, 0.1) is 0 Å². The average molecular weight is 306 g/mol. The topological polar surface area (TPSA) is 270 Å². The Bertz CT molecular complexity index is 137. The molecule has 102 valence electrons. The summed E-state index contributed by atoms with van der Waals surface area (Å²) >= 11 is 0. The number of phosphoric acid groups is 1. The van der Waals surface area contributed by atoms with E-state index in [0.29, 0.717) is 0 Å². The van der Waals surface area contributed by atoms with Crippen molar-refractivity contribution in [3.8, 4) is 0 Å². The minimum Gasteiger partial charge on any atom is -0.790 e. The maximum Gasteiger partial charge on any atom is 1.00 e. The second-order valence-corrected chi connectivity index (χ2v) is 2.65. The zero-order valence-electron chi connectivity index (χ0n) is 9.47. The molecule has 0 unspecified atom stereocenters.